The summed E-state index contributed by atoms with van der Waals surface area (Å²) < 4.78 is 37.5. The van der Waals surface area contributed by atoms with Crippen molar-refractivity contribution in [3.05, 3.63) is 70.2 Å². The summed E-state index contributed by atoms with van der Waals surface area (Å²) in [6.07, 6.45) is -4.30. The monoisotopic (exact) mass is 328 g/mol. The number of hydrogen-bond acceptors (Lipinski definition) is 1. The van der Waals surface area contributed by atoms with Gasteiger partial charge in [-0.05, 0) is 41.8 Å². The second-order valence-corrected chi connectivity index (χ2v) is 5.28. The fourth-order valence-corrected chi connectivity index (χ4v) is 2.23. The van der Waals surface area contributed by atoms with Crippen molar-refractivity contribution >= 4 is 17.6 Å². The van der Waals surface area contributed by atoms with Crippen LogP contribution in [0.2, 0.25) is 5.02 Å². The van der Waals surface area contributed by atoms with E-state index < -0.39 is 23.6 Å². The number of carboxylic acids is 1. The van der Waals surface area contributed by atoms with Crippen molar-refractivity contribution in [1.82, 2.24) is 0 Å². The third-order valence-corrected chi connectivity index (χ3v) is 3.54. The minimum Gasteiger partial charge on any atom is -0.481 e. The smallest absolute Gasteiger partial charge is 0.416 e. The van der Waals surface area contributed by atoms with Crippen LogP contribution >= 0.6 is 11.6 Å². The van der Waals surface area contributed by atoms with Gasteiger partial charge in [0.15, 0.2) is 0 Å². The van der Waals surface area contributed by atoms with E-state index in [4.69, 9.17) is 11.6 Å². The minimum absolute atomic E-state index is 0.106. The lowest BCUT2D eigenvalue weighted by molar-refractivity contribution is -0.139. The maximum atomic E-state index is 12.5. The molecule has 2 nitrogen and oxygen atoms in total. The molecule has 0 aromatic heterocycles. The molecule has 0 bridgehead atoms. The first-order chi connectivity index (χ1) is 10.3. The summed E-state index contributed by atoms with van der Waals surface area (Å²) >= 11 is 5.76. The van der Waals surface area contributed by atoms with Crippen molar-refractivity contribution in [2.24, 2.45) is 0 Å². The number of benzene rings is 2. The Morgan fingerprint density at radius 2 is 1.59 bits per heavy atom. The molecule has 0 saturated heterocycles. The summed E-state index contributed by atoms with van der Waals surface area (Å²) in [5, 5.41) is 9.82. The number of hydrogen-bond donors (Lipinski definition) is 1. The summed E-state index contributed by atoms with van der Waals surface area (Å²) in [4.78, 5) is 11.4. The molecule has 0 amide bonds. The van der Waals surface area contributed by atoms with E-state index in [0.29, 0.717) is 16.1 Å². The summed E-state index contributed by atoms with van der Waals surface area (Å²) in [5.74, 6) is -1.88. The molecule has 1 unspecified atom stereocenters. The fraction of sp³-hybridized carbons (Fsp3) is 0.188. The maximum absolute atomic E-state index is 12.5. The van der Waals surface area contributed by atoms with Gasteiger partial charge in [-0.3, -0.25) is 4.79 Å². The highest BCUT2D eigenvalue weighted by molar-refractivity contribution is 6.30. The molecule has 2 rings (SSSR count). The van der Waals surface area contributed by atoms with E-state index >= 15 is 0 Å². The topological polar surface area (TPSA) is 37.3 Å². The molecule has 0 aliphatic carbocycles. The van der Waals surface area contributed by atoms with Crippen LogP contribution in [-0.4, -0.2) is 11.1 Å². The van der Waals surface area contributed by atoms with Gasteiger partial charge in [0.2, 0.25) is 0 Å². The van der Waals surface area contributed by atoms with E-state index in [9.17, 15) is 23.1 Å². The molecule has 22 heavy (non-hydrogen) atoms. The fourth-order valence-electron chi connectivity index (χ4n) is 2.11. The largest absolute Gasteiger partial charge is 0.481 e. The van der Waals surface area contributed by atoms with Crippen LogP contribution in [0.3, 0.4) is 0 Å². The number of rotatable bonds is 4. The predicted molar refractivity (Wildman–Crippen MR) is 77.0 cm³/mol. The zero-order valence-corrected chi connectivity index (χ0v) is 12.0. The van der Waals surface area contributed by atoms with Gasteiger partial charge >= 0.3 is 12.1 Å². The van der Waals surface area contributed by atoms with Crippen molar-refractivity contribution in [2.45, 2.75) is 18.5 Å². The average Bonchev–Trinajstić information content (AvgIpc) is 2.45. The van der Waals surface area contributed by atoms with Crippen LogP contribution in [0.5, 0.6) is 0 Å². The highest BCUT2D eigenvalue weighted by Crippen LogP contribution is 2.30. The third-order valence-electron chi connectivity index (χ3n) is 3.29. The van der Waals surface area contributed by atoms with Gasteiger partial charge in [-0.2, -0.15) is 13.2 Å². The molecule has 116 valence electrons. The molecule has 0 spiro atoms. The Morgan fingerprint density at radius 1 is 1.05 bits per heavy atom. The maximum Gasteiger partial charge on any atom is 0.416 e. The number of carboxylic acid groups (broad SMARTS) is 1. The molecular formula is C16H12ClF3O2. The second kappa shape index (κ2) is 6.40. The molecule has 2 aromatic rings. The molecule has 1 N–H and O–H groups in total. The predicted octanol–water partition coefficient (Wildman–Crippen LogP) is 4.77. The number of aliphatic carboxylic acids is 1. The highest BCUT2D eigenvalue weighted by atomic mass is 35.5. The first kappa shape index (κ1) is 16.4. The van der Waals surface area contributed by atoms with Crippen LogP contribution in [0.1, 0.15) is 22.6 Å². The quantitative estimate of drug-likeness (QED) is 0.877. The molecule has 0 fully saturated rings. The average molecular weight is 329 g/mol. The van der Waals surface area contributed by atoms with Gasteiger partial charge in [0.05, 0.1) is 11.5 Å². The van der Waals surface area contributed by atoms with Crippen molar-refractivity contribution in [1.29, 1.82) is 0 Å². The lowest BCUT2D eigenvalue weighted by Gasteiger charge is -2.14. The summed E-state index contributed by atoms with van der Waals surface area (Å²) in [6.45, 7) is 0. The van der Waals surface area contributed by atoms with Crippen molar-refractivity contribution in [3.8, 4) is 0 Å². The van der Waals surface area contributed by atoms with E-state index in [1.54, 1.807) is 24.3 Å². The lowest BCUT2D eigenvalue weighted by atomic mass is 9.92. The molecule has 0 saturated carbocycles. The normalized spacial score (nSPS) is 12.9. The van der Waals surface area contributed by atoms with Crippen LogP contribution in [-0.2, 0) is 17.4 Å². The molecule has 0 heterocycles. The third kappa shape index (κ3) is 4.01. The Bertz CT molecular complexity index is 649. The van der Waals surface area contributed by atoms with Gasteiger partial charge in [-0.15, -0.1) is 0 Å². The summed E-state index contributed by atoms with van der Waals surface area (Å²) in [7, 11) is 0. The Balaban J connectivity index is 2.21. The number of alkyl halides is 3. The zero-order chi connectivity index (χ0) is 16.3. The van der Waals surface area contributed by atoms with Crippen LogP contribution < -0.4 is 0 Å². The zero-order valence-electron chi connectivity index (χ0n) is 11.3. The van der Waals surface area contributed by atoms with Crippen LogP contribution in [0, 0.1) is 0 Å². The molecule has 6 heteroatoms. The molecule has 0 aliphatic heterocycles. The molecule has 2 aromatic carbocycles. The standard InChI is InChI=1S/C16H12ClF3O2/c17-13-7-3-11(4-8-13)14(15(21)22)9-10-1-5-12(6-2-10)16(18,19)20/h1-8,14H,9H2,(H,21,22). The van der Waals surface area contributed by atoms with Gasteiger partial charge in [0.25, 0.3) is 0 Å². The Labute approximate surface area is 130 Å². The summed E-state index contributed by atoms with van der Waals surface area (Å²) in [5.41, 5.74) is 0.321. The van der Waals surface area contributed by atoms with Crippen LogP contribution in [0.15, 0.2) is 48.5 Å². The first-order valence-electron chi connectivity index (χ1n) is 6.42. The summed E-state index contributed by atoms with van der Waals surface area (Å²) in [6, 6.07) is 10.9. The Hall–Kier alpha value is -2.01. The van der Waals surface area contributed by atoms with Crippen LogP contribution in [0.25, 0.3) is 0 Å². The van der Waals surface area contributed by atoms with Crippen molar-refractivity contribution in [2.75, 3.05) is 0 Å². The van der Waals surface area contributed by atoms with Gasteiger partial charge < -0.3 is 5.11 Å². The van der Waals surface area contributed by atoms with Gasteiger partial charge in [-0.25, -0.2) is 0 Å². The second-order valence-electron chi connectivity index (χ2n) is 4.84. The molecule has 0 aliphatic rings. The highest BCUT2D eigenvalue weighted by Gasteiger charge is 2.30. The molecule has 1 atom stereocenters. The van der Waals surface area contributed by atoms with E-state index in [2.05, 4.69) is 0 Å². The Morgan fingerprint density at radius 3 is 2.05 bits per heavy atom. The molecule has 0 radical (unpaired) electrons. The first-order valence-corrected chi connectivity index (χ1v) is 6.79. The van der Waals surface area contributed by atoms with E-state index in [1.165, 1.54) is 12.1 Å². The van der Waals surface area contributed by atoms with Crippen LogP contribution in [0.4, 0.5) is 13.2 Å². The minimum atomic E-state index is -4.40. The van der Waals surface area contributed by atoms with Gasteiger partial charge in [0.1, 0.15) is 0 Å². The lowest BCUT2D eigenvalue weighted by Crippen LogP contribution is -2.14. The SMILES string of the molecule is O=C(O)C(Cc1ccc(C(F)(F)F)cc1)c1ccc(Cl)cc1. The van der Waals surface area contributed by atoms with Crippen molar-refractivity contribution < 1.29 is 23.1 Å². The Kier molecular flexibility index (Phi) is 4.76. The number of carbonyl (C=O) groups is 1. The number of halogens is 4. The molecular weight excluding hydrogens is 317 g/mol. The van der Waals surface area contributed by atoms with E-state index in [-0.39, 0.29) is 6.42 Å². The van der Waals surface area contributed by atoms with Gasteiger partial charge in [0, 0.05) is 5.02 Å². The van der Waals surface area contributed by atoms with E-state index in [1.807, 2.05) is 0 Å². The van der Waals surface area contributed by atoms with E-state index in [0.717, 1.165) is 12.1 Å². The van der Waals surface area contributed by atoms with Crippen molar-refractivity contribution in [3.63, 3.8) is 0 Å². The van der Waals surface area contributed by atoms with Gasteiger partial charge in [-0.1, -0.05) is 35.9 Å².